The summed E-state index contributed by atoms with van der Waals surface area (Å²) in [5.74, 6) is -5.46. The van der Waals surface area contributed by atoms with Gasteiger partial charge in [0.1, 0.15) is 18.1 Å². The van der Waals surface area contributed by atoms with Gasteiger partial charge < -0.3 is 42.5 Å². The number of aliphatic hydroxyl groups is 1. The monoisotopic (exact) mass is 510 g/mol. The number of nitrogens with two attached hydrogens (primary N) is 1. The molecule has 0 aromatic carbocycles. The third-order valence-electron chi connectivity index (χ3n) is 4.08. The van der Waals surface area contributed by atoms with Crippen molar-refractivity contribution in [1.29, 1.82) is 0 Å². The van der Waals surface area contributed by atoms with Crippen molar-refractivity contribution in [3.8, 4) is 0 Å². The minimum atomic E-state index is -1.59. The molecule has 0 radical (unpaired) electrons. The number of hydrogen-bond acceptors (Lipinski definition) is 10. The van der Waals surface area contributed by atoms with Crippen LogP contribution in [0.2, 0.25) is 0 Å². The molecule has 16 heteroatoms. The van der Waals surface area contributed by atoms with Crippen LogP contribution in [0.15, 0.2) is 0 Å². The lowest BCUT2D eigenvalue weighted by molar-refractivity contribution is -0.145. The van der Waals surface area contributed by atoms with Crippen LogP contribution in [0, 0.1) is 0 Å². The molecule has 0 heterocycles. The van der Waals surface area contributed by atoms with Crippen molar-refractivity contribution in [2.45, 2.75) is 44.1 Å². The Morgan fingerprint density at radius 3 is 1.82 bits per heavy atom. The number of carboxylic acid groups (broad SMARTS) is 1. The summed E-state index contributed by atoms with van der Waals surface area (Å²) in [6.45, 7) is 1.67. The zero-order valence-electron chi connectivity index (χ0n) is 18.0. The Morgan fingerprint density at radius 2 is 1.36 bits per heavy atom. The Morgan fingerprint density at radius 1 is 0.818 bits per heavy atom. The Hall–Kier alpha value is -2.56. The predicted molar refractivity (Wildman–Crippen MR) is 122 cm³/mol. The first kappa shape index (κ1) is 30.4. The molecule has 0 aromatic heterocycles. The van der Waals surface area contributed by atoms with E-state index in [1.807, 2.05) is 0 Å². The van der Waals surface area contributed by atoms with Crippen LogP contribution in [-0.4, -0.2) is 101 Å². The van der Waals surface area contributed by atoms with Gasteiger partial charge in [0, 0.05) is 11.5 Å². The minimum absolute atomic E-state index is 0.117. The number of aliphatic carboxylic acids is 1. The Bertz CT molecular complexity index is 738. The summed E-state index contributed by atoms with van der Waals surface area (Å²) < 4.78 is 0. The molecule has 188 valence electrons. The lowest BCUT2D eigenvalue weighted by Crippen LogP contribution is -2.57. The van der Waals surface area contributed by atoms with Gasteiger partial charge in [-0.2, -0.15) is 25.3 Å². The maximum absolute atomic E-state index is 12.3. The van der Waals surface area contributed by atoms with E-state index in [2.05, 4.69) is 51.8 Å². The van der Waals surface area contributed by atoms with Crippen LogP contribution in [0.3, 0.4) is 0 Å². The third kappa shape index (κ3) is 11.2. The van der Waals surface area contributed by atoms with E-state index in [0.717, 1.165) is 0 Å². The quantitative estimate of drug-likeness (QED) is 0.101. The largest absolute Gasteiger partial charge is 0.480 e. The van der Waals surface area contributed by atoms with Crippen LogP contribution in [0.25, 0.3) is 0 Å². The number of rotatable bonds is 14. The maximum atomic E-state index is 12.3. The minimum Gasteiger partial charge on any atom is -0.480 e. The SMILES string of the molecule is C[C@H](NC(=O)CN)C(=O)N[C@@H](CS)C(=O)NCC(=O)N[C@@H](CS)C(=O)N[C@H](C(=O)O)[C@@H](C)O. The molecular weight excluding hydrogens is 480 g/mol. The number of hydrogen-bond donors (Lipinski definition) is 10. The van der Waals surface area contributed by atoms with Gasteiger partial charge in [0.05, 0.1) is 19.2 Å². The molecule has 5 atom stereocenters. The summed E-state index contributed by atoms with van der Waals surface area (Å²) in [4.78, 5) is 70.9. The molecule has 0 spiro atoms. The molecule has 0 rings (SSSR count). The van der Waals surface area contributed by atoms with E-state index in [-0.39, 0.29) is 18.1 Å². The average molecular weight is 511 g/mol. The number of aliphatic hydroxyl groups excluding tert-OH is 1. The predicted octanol–water partition coefficient (Wildman–Crippen LogP) is -4.65. The van der Waals surface area contributed by atoms with E-state index in [9.17, 15) is 33.9 Å². The molecule has 33 heavy (non-hydrogen) atoms. The molecule has 14 nitrogen and oxygen atoms in total. The molecule has 0 aliphatic carbocycles. The average Bonchev–Trinajstić information content (AvgIpc) is 2.76. The van der Waals surface area contributed by atoms with Crippen molar-refractivity contribution >= 4 is 60.8 Å². The van der Waals surface area contributed by atoms with Crippen LogP contribution >= 0.6 is 25.3 Å². The summed E-state index contributed by atoms with van der Waals surface area (Å²) >= 11 is 7.91. The van der Waals surface area contributed by atoms with Gasteiger partial charge in [0.15, 0.2) is 6.04 Å². The Balaban J connectivity index is 4.78. The van der Waals surface area contributed by atoms with Gasteiger partial charge in [-0.25, -0.2) is 4.79 Å². The van der Waals surface area contributed by atoms with Crippen molar-refractivity contribution in [2.75, 3.05) is 24.6 Å². The Labute approximate surface area is 201 Å². The zero-order valence-corrected chi connectivity index (χ0v) is 19.8. The van der Waals surface area contributed by atoms with Gasteiger partial charge in [-0.3, -0.25) is 24.0 Å². The second-order valence-corrected chi connectivity index (χ2v) is 7.55. The van der Waals surface area contributed by atoms with E-state index >= 15 is 0 Å². The molecule has 0 saturated heterocycles. The molecule has 0 unspecified atom stereocenters. The van der Waals surface area contributed by atoms with E-state index in [1.54, 1.807) is 0 Å². The normalized spacial score (nSPS) is 15.1. The van der Waals surface area contributed by atoms with Crippen LogP contribution in [-0.2, 0) is 28.8 Å². The maximum Gasteiger partial charge on any atom is 0.328 e. The molecular formula is C17H30N6O8S2. The van der Waals surface area contributed by atoms with Gasteiger partial charge in [0.25, 0.3) is 0 Å². The fraction of sp³-hybridized carbons (Fsp3) is 0.647. The number of carbonyl (C=O) groups is 6. The highest BCUT2D eigenvalue weighted by molar-refractivity contribution is 7.80. The lowest BCUT2D eigenvalue weighted by Gasteiger charge is -2.22. The van der Waals surface area contributed by atoms with Gasteiger partial charge in [-0.05, 0) is 13.8 Å². The van der Waals surface area contributed by atoms with Gasteiger partial charge in [-0.1, -0.05) is 0 Å². The summed E-state index contributed by atoms with van der Waals surface area (Å²) in [6, 6.07) is -4.93. The molecule has 0 bridgehead atoms. The smallest absolute Gasteiger partial charge is 0.328 e. The first-order chi connectivity index (χ1) is 15.4. The highest BCUT2D eigenvalue weighted by atomic mass is 32.1. The van der Waals surface area contributed by atoms with Gasteiger partial charge in [0.2, 0.25) is 29.5 Å². The third-order valence-corrected chi connectivity index (χ3v) is 4.81. The van der Waals surface area contributed by atoms with Crippen LogP contribution in [0.4, 0.5) is 0 Å². The number of carboxylic acids is 1. The van der Waals surface area contributed by atoms with Crippen molar-refractivity contribution < 1.29 is 39.0 Å². The molecule has 0 fully saturated rings. The van der Waals surface area contributed by atoms with Crippen molar-refractivity contribution in [3.63, 3.8) is 0 Å². The number of carbonyl (C=O) groups excluding carboxylic acids is 5. The first-order valence-electron chi connectivity index (χ1n) is 9.67. The second-order valence-electron chi connectivity index (χ2n) is 6.82. The highest BCUT2D eigenvalue weighted by Crippen LogP contribution is 1.97. The first-order valence-corrected chi connectivity index (χ1v) is 10.9. The van der Waals surface area contributed by atoms with Gasteiger partial charge in [-0.15, -0.1) is 0 Å². The van der Waals surface area contributed by atoms with Crippen molar-refractivity contribution in [1.82, 2.24) is 26.6 Å². The Kier molecular flexibility index (Phi) is 14.1. The van der Waals surface area contributed by atoms with Crippen molar-refractivity contribution in [3.05, 3.63) is 0 Å². The summed E-state index contributed by atoms with van der Waals surface area (Å²) in [5.41, 5.74) is 5.15. The molecule has 5 amide bonds. The summed E-state index contributed by atoms with van der Waals surface area (Å²) in [6.07, 6.45) is -1.39. The molecule has 9 N–H and O–H groups in total. The highest BCUT2D eigenvalue weighted by Gasteiger charge is 2.29. The molecule has 0 saturated carbocycles. The van der Waals surface area contributed by atoms with Crippen LogP contribution < -0.4 is 32.3 Å². The summed E-state index contributed by atoms with van der Waals surface area (Å²) in [7, 11) is 0. The lowest BCUT2D eigenvalue weighted by atomic mass is 10.1. The molecule has 0 aliphatic rings. The van der Waals surface area contributed by atoms with E-state index < -0.39 is 72.3 Å². The van der Waals surface area contributed by atoms with E-state index in [0.29, 0.717) is 0 Å². The van der Waals surface area contributed by atoms with E-state index in [1.165, 1.54) is 13.8 Å². The number of nitrogens with one attached hydrogen (secondary N) is 5. The summed E-state index contributed by atoms with van der Waals surface area (Å²) in [5, 5.41) is 29.7. The van der Waals surface area contributed by atoms with Gasteiger partial charge >= 0.3 is 5.97 Å². The topological polar surface area (TPSA) is 229 Å². The second kappa shape index (κ2) is 15.3. The van der Waals surface area contributed by atoms with Crippen molar-refractivity contribution in [2.24, 2.45) is 5.73 Å². The fourth-order valence-electron chi connectivity index (χ4n) is 2.23. The van der Waals surface area contributed by atoms with Crippen LogP contribution in [0.1, 0.15) is 13.8 Å². The molecule has 0 aliphatic heterocycles. The number of amides is 5. The van der Waals surface area contributed by atoms with Crippen LogP contribution in [0.5, 0.6) is 0 Å². The van der Waals surface area contributed by atoms with E-state index in [4.69, 9.17) is 10.8 Å². The zero-order chi connectivity index (χ0) is 25.7. The standard InChI is InChI=1S/C17H30N6O8S2/c1-7(20-11(25)3-18)14(27)22-9(5-32)15(28)19-4-12(26)21-10(6-33)16(29)23-13(8(2)24)17(30)31/h7-10,13,24,32-33H,3-6,18H2,1-2H3,(H,19,28)(H,20,25)(H,21,26)(H,22,27)(H,23,29)(H,30,31)/t7-,8+,9-,10-,13-/m0/s1. The fourth-order valence-corrected chi connectivity index (χ4v) is 2.74. The number of thiol groups is 2. The molecule has 0 aromatic rings.